The van der Waals surface area contributed by atoms with Crippen molar-refractivity contribution in [3.63, 3.8) is 0 Å². The van der Waals surface area contributed by atoms with E-state index in [0.29, 0.717) is 5.69 Å². The maximum absolute atomic E-state index is 13.3. The molecule has 1 N–H and O–H groups in total. The van der Waals surface area contributed by atoms with Crippen molar-refractivity contribution in [2.75, 3.05) is 25.6 Å². The molecular formula is C11H15BrFNO. The first-order valence-electron chi connectivity index (χ1n) is 4.92. The van der Waals surface area contributed by atoms with Gasteiger partial charge in [-0.25, -0.2) is 4.39 Å². The van der Waals surface area contributed by atoms with Crippen LogP contribution in [0.1, 0.15) is 12.8 Å². The molecule has 1 rings (SSSR count). The quantitative estimate of drug-likeness (QED) is 0.804. The lowest BCUT2D eigenvalue weighted by molar-refractivity contribution is 0.194. The van der Waals surface area contributed by atoms with E-state index in [2.05, 4.69) is 21.2 Å². The third-order valence-electron chi connectivity index (χ3n) is 2.02. The van der Waals surface area contributed by atoms with Crippen molar-refractivity contribution in [3.8, 4) is 0 Å². The fourth-order valence-corrected chi connectivity index (χ4v) is 1.56. The Morgan fingerprint density at radius 3 is 2.87 bits per heavy atom. The van der Waals surface area contributed by atoms with Crippen LogP contribution < -0.4 is 5.32 Å². The van der Waals surface area contributed by atoms with E-state index in [0.717, 1.165) is 30.5 Å². The van der Waals surface area contributed by atoms with Crippen molar-refractivity contribution in [2.24, 2.45) is 0 Å². The van der Waals surface area contributed by atoms with Crippen LogP contribution in [-0.4, -0.2) is 20.3 Å². The number of nitrogens with one attached hydrogen (secondary N) is 1. The van der Waals surface area contributed by atoms with Crippen molar-refractivity contribution in [1.29, 1.82) is 0 Å². The van der Waals surface area contributed by atoms with Crippen LogP contribution >= 0.6 is 15.9 Å². The minimum Gasteiger partial charge on any atom is -0.385 e. The highest BCUT2D eigenvalue weighted by Crippen LogP contribution is 2.19. The van der Waals surface area contributed by atoms with Gasteiger partial charge in [0.25, 0.3) is 0 Å². The molecule has 0 aliphatic heterocycles. The van der Waals surface area contributed by atoms with E-state index in [1.165, 1.54) is 6.07 Å². The van der Waals surface area contributed by atoms with E-state index in [4.69, 9.17) is 4.74 Å². The Bertz CT molecular complexity index is 307. The molecule has 0 fully saturated rings. The summed E-state index contributed by atoms with van der Waals surface area (Å²) in [5.74, 6) is -0.226. The Kier molecular flexibility index (Phi) is 5.65. The minimum atomic E-state index is -0.226. The zero-order valence-electron chi connectivity index (χ0n) is 8.72. The molecule has 0 aliphatic carbocycles. The van der Waals surface area contributed by atoms with Crippen LogP contribution in [0.2, 0.25) is 0 Å². The topological polar surface area (TPSA) is 21.3 Å². The van der Waals surface area contributed by atoms with E-state index >= 15 is 0 Å². The van der Waals surface area contributed by atoms with Crippen molar-refractivity contribution < 1.29 is 9.13 Å². The fourth-order valence-electron chi connectivity index (χ4n) is 1.23. The summed E-state index contributed by atoms with van der Waals surface area (Å²) in [6.07, 6.45) is 1.96. The number of hydrogen-bond donors (Lipinski definition) is 1. The predicted octanol–water partition coefficient (Wildman–Crippen LogP) is 3.43. The van der Waals surface area contributed by atoms with Crippen LogP contribution in [0.5, 0.6) is 0 Å². The van der Waals surface area contributed by atoms with Crippen LogP contribution in [0.15, 0.2) is 22.7 Å². The Morgan fingerprint density at radius 2 is 2.20 bits per heavy atom. The summed E-state index contributed by atoms with van der Waals surface area (Å²) in [5.41, 5.74) is 0.551. The molecule has 4 heteroatoms. The monoisotopic (exact) mass is 275 g/mol. The van der Waals surface area contributed by atoms with Gasteiger partial charge in [0, 0.05) is 24.7 Å². The molecule has 0 heterocycles. The highest BCUT2D eigenvalue weighted by Gasteiger charge is 2.00. The molecule has 1 aromatic carbocycles. The Morgan fingerprint density at radius 1 is 1.40 bits per heavy atom. The molecule has 15 heavy (non-hydrogen) atoms. The first-order valence-corrected chi connectivity index (χ1v) is 5.71. The van der Waals surface area contributed by atoms with Crippen LogP contribution in [0.25, 0.3) is 0 Å². The third-order valence-corrected chi connectivity index (χ3v) is 2.52. The first-order chi connectivity index (χ1) is 7.24. The van der Waals surface area contributed by atoms with Gasteiger partial charge in [-0.2, -0.15) is 0 Å². The van der Waals surface area contributed by atoms with E-state index in [1.807, 2.05) is 6.07 Å². The van der Waals surface area contributed by atoms with Gasteiger partial charge in [0.1, 0.15) is 5.82 Å². The summed E-state index contributed by atoms with van der Waals surface area (Å²) < 4.78 is 19.0. The summed E-state index contributed by atoms with van der Waals surface area (Å²) in [7, 11) is 1.68. The molecular weight excluding hydrogens is 261 g/mol. The molecule has 2 nitrogen and oxygen atoms in total. The van der Waals surface area contributed by atoms with Crippen molar-refractivity contribution in [3.05, 3.63) is 28.5 Å². The molecule has 0 aliphatic rings. The van der Waals surface area contributed by atoms with E-state index in [1.54, 1.807) is 13.2 Å². The summed E-state index contributed by atoms with van der Waals surface area (Å²) in [6, 6.07) is 5.01. The Balaban J connectivity index is 2.31. The van der Waals surface area contributed by atoms with Crippen LogP contribution in [0, 0.1) is 5.82 Å². The number of methoxy groups -OCH3 is 1. The highest BCUT2D eigenvalue weighted by molar-refractivity contribution is 9.10. The van der Waals surface area contributed by atoms with E-state index in [-0.39, 0.29) is 5.82 Å². The third kappa shape index (κ3) is 4.62. The summed E-state index contributed by atoms with van der Waals surface area (Å²) >= 11 is 3.21. The smallest absolute Gasteiger partial charge is 0.147 e. The summed E-state index contributed by atoms with van der Waals surface area (Å²) in [6.45, 7) is 1.52. The lowest BCUT2D eigenvalue weighted by atomic mass is 10.3. The molecule has 0 radical (unpaired) electrons. The molecule has 0 bridgehead atoms. The summed E-state index contributed by atoms with van der Waals surface area (Å²) in [5, 5.41) is 3.05. The van der Waals surface area contributed by atoms with Gasteiger partial charge in [0.2, 0.25) is 0 Å². The standard InChI is InChI=1S/C11H15BrFNO/c1-15-7-3-2-6-14-11-5-4-9(12)8-10(11)13/h4-5,8,14H,2-3,6-7H2,1H3. The second-order valence-corrected chi connectivity index (χ2v) is 4.17. The average Bonchev–Trinajstić information content (AvgIpc) is 2.20. The van der Waals surface area contributed by atoms with Crippen LogP contribution in [-0.2, 0) is 4.74 Å². The molecule has 0 unspecified atom stereocenters. The number of ether oxygens (including phenoxy) is 1. The average molecular weight is 276 g/mol. The molecule has 0 atom stereocenters. The maximum atomic E-state index is 13.3. The second-order valence-electron chi connectivity index (χ2n) is 3.25. The lowest BCUT2D eigenvalue weighted by Gasteiger charge is -2.07. The molecule has 0 saturated carbocycles. The first kappa shape index (κ1) is 12.5. The zero-order chi connectivity index (χ0) is 11.1. The number of halogens is 2. The normalized spacial score (nSPS) is 10.3. The fraction of sp³-hybridized carbons (Fsp3) is 0.455. The van der Waals surface area contributed by atoms with Gasteiger partial charge in [-0.15, -0.1) is 0 Å². The molecule has 0 spiro atoms. The lowest BCUT2D eigenvalue weighted by Crippen LogP contribution is -2.04. The molecule has 0 saturated heterocycles. The maximum Gasteiger partial charge on any atom is 0.147 e. The number of unbranched alkanes of at least 4 members (excludes halogenated alkanes) is 1. The summed E-state index contributed by atoms with van der Waals surface area (Å²) in [4.78, 5) is 0. The van der Waals surface area contributed by atoms with Crippen molar-refractivity contribution in [1.82, 2.24) is 0 Å². The van der Waals surface area contributed by atoms with E-state index < -0.39 is 0 Å². The number of hydrogen-bond acceptors (Lipinski definition) is 2. The van der Waals surface area contributed by atoms with Crippen LogP contribution in [0.3, 0.4) is 0 Å². The van der Waals surface area contributed by atoms with E-state index in [9.17, 15) is 4.39 Å². The number of benzene rings is 1. The minimum absolute atomic E-state index is 0.226. The Hall–Kier alpha value is -0.610. The van der Waals surface area contributed by atoms with Gasteiger partial charge in [-0.3, -0.25) is 0 Å². The van der Waals surface area contributed by atoms with Crippen molar-refractivity contribution in [2.45, 2.75) is 12.8 Å². The number of rotatable bonds is 6. The highest BCUT2D eigenvalue weighted by atomic mass is 79.9. The van der Waals surface area contributed by atoms with Gasteiger partial charge in [-0.05, 0) is 31.0 Å². The largest absolute Gasteiger partial charge is 0.385 e. The van der Waals surface area contributed by atoms with Gasteiger partial charge in [-0.1, -0.05) is 15.9 Å². The Labute approximate surface area is 98.0 Å². The number of anilines is 1. The van der Waals surface area contributed by atoms with Crippen LogP contribution in [0.4, 0.5) is 10.1 Å². The van der Waals surface area contributed by atoms with Gasteiger partial charge >= 0.3 is 0 Å². The molecule has 1 aromatic rings. The molecule has 0 aromatic heterocycles. The van der Waals surface area contributed by atoms with Gasteiger partial charge in [0.15, 0.2) is 0 Å². The SMILES string of the molecule is COCCCCNc1ccc(Br)cc1F. The van der Waals surface area contributed by atoms with Gasteiger partial charge < -0.3 is 10.1 Å². The van der Waals surface area contributed by atoms with Crippen molar-refractivity contribution >= 4 is 21.6 Å². The zero-order valence-corrected chi connectivity index (χ0v) is 10.3. The molecule has 0 amide bonds. The molecule has 84 valence electrons. The predicted molar refractivity (Wildman–Crippen MR) is 63.7 cm³/mol. The van der Waals surface area contributed by atoms with Gasteiger partial charge in [0.05, 0.1) is 5.69 Å². The second kappa shape index (κ2) is 6.80.